The molecule has 3 aromatic rings. The van der Waals surface area contributed by atoms with Crippen molar-refractivity contribution in [2.24, 2.45) is 5.10 Å². The molecule has 1 heterocycles. The minimum Gasteiger partial charge on any atom is -0.278 e. The van der Waals surface area contributed by atoms with Crippen molar-refractivity contribution < 1.29 is 4.92 Å². The molecule has 3 rings (SSSR count). The smallest absolute Gasteiger partial charge is 0.276 e. The molecular formula is C18H13ClN4O2. The summed E-state index contributed by atoms with van der Waals surface area (Å²) in [5.74, 6) is 0. The van der Waals surface area contributed by atoms with E-state index in [1.165, 1.54) is 12.3 Å². The van der Waals surface area contributed by atoms with Crippen molar-refractivity contribution in [1.82, 2.24) is 4.98 Å². The number of anilines is 1. The van der Waals surface area contributed by atoms with E-state index in [0.29, 0.717) is 10.6 Å². The molecule has 124 valence electrons. The molecule has 0 amide bonds. The Kier molecular flexibility index (Phi) is 5.01. The number of para-hydroxylation sites is 1. The fourth-order valence-electron chi connectivity index (χ4n) is 2.31. The van der Waals surface area contributed by atoms with E-state index in [-0.39, 0.29) is 5.69 Å². The van der Waals surface area contributed by atoms with Crippen molar-refractivity contribution in [2.45, 2.75) is 0 Å². The van der Waals surface area contributed by atoms with Gasteiger partial charge in [0.25, 0.3) is 5.69 Å². The lowest BCUT2D eigenvalue weighted by Crippen LogP contribution is -1.92. The number of nitro benzene ring substituents is 1. The predicted molar refractivity (Wildman–Crippen MR) is 101 cm³/mol. The lowest BCUT2D eigenvalue weighted by atomic mass is 10.1. The number of rotatable bonds is 5. The standard InChI is InChI=1S/C18H13ClN4O2/c19-14-7-8-15-16(9-11-20-17(15)12-14)22-21-10-3-5-13-4-1-2-6-18(13)23(24)25/h1-12H,(H,20,22)/b5-3+,21-10+. The second-order valence-electron chi connectivity index (χ2n) is 5.08. The predicted octanol–water partition coefficient (Wildman–Crippen LogP) is 4.91. The molecule has 0 saturated carbocycles. The lowest BCUT2D eigenvalue weighted by molar-refractivity contribution is -0.385. The van der Waals surface area contributed by atoms with E-state index in [1.54, 1.807) is 54.7 Å². The largest absolute Gasteiger partial charge is 0.278 e. The van der Waals surface area contributed by atoms with Crippen LogP contribution in [0.5, 0.6) is 0 Å². The van der Waals surface area contributed by atoms with Crippen LogP contribution in [0.4, 0.5) is 11.4 Å². The molecule has 0 unspecified atom stereocenters. The summed E-state index contributed by atoms with van der Waals surface area (Å²) in [6.45, 7) is 0. The van der Waals surface area contributed by atoms with Crippen molar-refractivity contribution in [1.29, 1.82) is 0 Å². The number of hydrazone groups is 1. The third kappa shape index (κ3) is 3.99. The van der Waals surface area contributed by atoms with Crippen molar-refractivity contribution in [3.8, 4) is 0 Å². The molecule has 0 aliphatic rings. The summed E-state index contributed by atoms with van der Waals surface area (Å²) in [7, 11) is 0. The molecule has 0 radical (unpaired) electrons. The van der Waals surface area contributed by atoms with Gasteiger partial charge >= 0.3 is 0 Å². The maximum absolute atomic E-state index is 11.0. The van der Waals surface area contributed by atoms with E-state index in [0.717, 1.165) is 16.6 Å². The molecule has 0 saturated heterocycles. The molecule has 7 heteroatoms. The summed E-state index contributed by atoms with van der Waals surface area (Å²) in [6.07, 6.45) is 6.46. The van der Waals surface area contributed by atoms with E-state index < -0.39 is 4.92 Å². The van der Waals surface area contributed by atoms with Gasteiger partial charge in [-0.25, -0.2) is 0 Å². The Morgan fingerprint density at radius 2 is 2.04 bits per heavy atom. The van der Waals surface area contributed by atoms with Crippen LogP contribution in [-0.2, 0) is 0 Å². The fourth-order valence-corrected chi connectivity index (χ4v) is 2.48. The number of nitrogens with zero attached hydrogens (tertiary/aromatic N) is 3. The number of nitrogens with one attached hydrogen (secondary N) is 1. The number of nitro groups is 1. The van der Waals surface area contributed by atoms with Crippen LogP contribution in [0.25, 0.3) is 17.0 Å². The average molecular weight is 353 g/mol. The Bertz CT molecular complexity index is 986. The highest BCUT2D eigenvalue weighted by atomic mass is 35.5. The number of hydrogen-bond donors (Lipinski definition) is 1. The molecule has 25 heavy (non-hydrogen) atoms. The summed E-state index contributed by atoms with van der Waals surface area (Å²) in [5, 5.41) is 16.6. The normalized spacial score (nSPS) is 11.4. The quantitative estimate of drug-likeness (QED) is 0.402. The highest BCUT2D eigenvalue weighted by molar-refractivity contribution is 6.31. The van der Waals surface area contributed by atoms with E-state index in [1.807, 2.05) is 6.07 Å². The number of benzene rings is 2. The zero-order chi connectivity index (χ0) is 17.6. The molecule has 1 aromatic heterocycles. The summed E-state index contributed by atoms with van der Waals surface area (Å²) in [6, 6.07) is 13.8. The molecule has 0 aliphatic heterocycles. The van der Waals surface area contributed by atoms with Gasteiger partial charge in [-0.2, -0.15) is 5.10 Å². The number of allylic oxidation sites excluding steroid dienone is 1. The molecular weight excluding hydrogens is 340 g/mol. The summed E-state index contributed by atoms with van der Waals surface area (Å²) in [5.41, 5.74) is 5.06. The van der Waals surface area contributed by atoms with Crippen LogP contribution in [0.2, 0.25) is 5.02 Å². The monoisotopic (exact) mass is 352 g/mol. The number of halogens is 1. The van der Waals surface area contributed by atoms with Crippen LogP contribution in [0.1, 0.15) is 5.56 Å². The highest BCUT2D eigenvalue weighted by Crippen LogP contribution is 2.24. The Morgan fingerprint density at radius 1 is 1.20 bits per heavy atom. The van der Waals surface area contributed by atoms with Gasteiger partial charge in [-0.05, 0) is 42.5 Å². The number of pyridine rings is 1. The van der Waals surface area contributed by atoms with E-state index in [9.17, 15) is 10.1 Å². The Balaban J connectivity index is 1.73. The van der Waals surface area contributed by atoms with Gasteiger partial charge in [0.1, 0.15) is 0 Å². The van der Waals surface area contributed by atoms with E-state index >= 15 is 0 Å². The van der Waals surface area contributed by atoms with Gasteiger partial charge in [-0.1, -0.05) is 23.7 Å². The summed E-state index contributed by atoms with van der Waals surface area (Å²) in [4.78, 5) is 14.8. The molecule has 0 atom stereocenters. The van der Waals surface area contributed by atoms with Gasteiger partial charge in [-0.15, -0.1) is 0 Å². The first-order valence-corrected chi connectivity index (χ1v) is 7.76. The highest BCUT2D eigenvalue weighted by Gasteiger charge is 2.08. The summed E-state index contributed by atoms with van der Waals surface area (Å²) >= 11 is 5.96. The van der Waals surface area contributed by atoms with Gasteiger partial charge in [0.2, 0.25) is 0 Å². The minimum atomic E-state index is -0.413. The average Bonchev–Trinajstić information content (AvgIpc) is 2.61. The van der Waals surface area contributed by atoms with Gasteiger partial charge < -0.3 is 0 Å². The van der Waals surface area contributed by atoms with Crippen LogP contribution in [-0.4, -0.2) is 16.1 Å². The first-order valence-electron chi connectivity index (χ1n) is 7.38. The summed E-state index contributed by atoms with van der Waals surface area (Å²) < 4.78 is 0. The van der Waals surface area contributed by atoms with Crippen molar-refractivity contribution >= 4 is 46.2 Å². The first kappa shape index (κ1) is 16.6. The molecule has 0 spiro atoms. The SMILES string of the molecule is O=[N+]([O-])c1ccccc1/C=C/C=N/Nc1ccnc2cc(Cl)ccc12. The third-order valence-corrected chi connectivity index (χ3v) is 3.69. The van der Waals surface area contributed by atoms with Crippen molar-refractivity contribution in [2.75, 3.05) is 5.43 Å². The number of aromatic nitrogens is 1. The maximum atomic E-state index is 11.0. The first-order chi connectivity index (χ1) is 12.1. The zero-order valence-electron chi connectivity index (χ0n) is 13.0. The van der Waals surface area contributed by atoms with Gasteiger partial charge in [0.05, 0.1) is 21.7 Å². The second kappa shape index (κ2) is 7.55. The topological polar surface area (TPSA) is 80.4 Å². The molecule has 0 fully saturated rings. The minimum absolute atomic E-state index is 0.0529. The second-order valence-corrected chi connectivity index (χ2v) is 5.52. The zero-order valence-corrected chi connectivity index (χ0v) is 13.7. The maximum Gasteiger partial charge on any atom is 0.276 e. The Hall–Kier alpha value is -3.25. The van der Waals surface area contributed by atoms with E-state index in [4.69, 9.17) is 11.6 Å². The fraction of sp³-hybridized carbons (Fsp3) is 0. The van der Waals surface area contributed by atoms with Crippen LogP contribution in [0.15, 0.2) is 65.9 Å². The van der Waals surface area contributed by atoms with Gasteiger partial charge in [0.15, 0.2) is 0 Å². The Morgan fingerprint density at radius 3 is 2.88 bits per heavy atom. The van der Waals surface area contributed by atoms with E-state index in [2.05, 4.69) is 15.5 Å². The third-order valence-electron chi connectivity index (χ3n) is 3.46. The number of hydrogen-bond acceptors (Lipinski definition) is 5. The number of fused-ring (bicyclic) bond motifs is 1. The van der Waals surface area contributed by atoms with Crippen molar-refractivity contribution in [3.63, 3.8) is 0 Å². The van der Waals surface area contributed by atoms with Crippen LogP contribution < -0.4 is 5.43 Å². The molecule has 0 bridgehead atoms. The molecule has 1 N–H and O–H groups in total. The van der Waals surface area contributed by atoms with Gasteiger partial charge in [0, 0.05) is 28.9 Å². The van der Waals surface area contributed by atoms with Crippen LogP contribution in [0.3, 0.4) is 0 Å². The van der Waals surface area contributed by atoms with Crippen LogP contribution >= 0.6 is 11.6 Å². The Labute approximate surface area is 148 Å². The van der Waals surface area contributed by atoms with Crippen molar-refractivity contribution in [3.05, 3.63) is 81.5 Å². The van der Waals surface area contributed by atoms with Gasteiger partial charge in [-0.3, -0.25) is 20.5 Å². The molecule has 6 nitrogen and oxygen atoms in total. The molecule has 0 aliphatic carbocycles. The lowest BCUT2D eigenvalue weighted by Gasteiger charge is -2.04. The molecule has 2 aromatic carbocycles. The van der Waals surface area contributed by atoms with Crippen LogP contribution in [0, 0.1) is 10.1 Å².